The van der Waals surface area contributed by atoms with E-state index in [2.05, 4.69) is 81.5 Å². The number of hydrogen-bond donors (Lipinski definition) is 0. The van der Waals surface area contributed by atoms with Gasteiger partial charge in [-0.15, -0.1) is 0 Å². The van der Waals surface area contributed by atoms with Crippen molar-refractivity contribution in [3.8, 4) is 28.7 Å². The molecule has 41 heavy (non-hydrogen) atoms. The highest BCUT2D eigenvalue weighted by molar-refractivity contribution is 5.72. The lowest BCUT2D eigenvalue weighted by Crippen LogP contribution is -2.11. The lowest BCUT2D eigenvalue weighted by atomic mass is 9.96. The van der Waals surface area contributed by atoms with Crippen molar-refractivity contribution in [2.24, 2.45) is 5.92 Å². The van der Waals surface area contributed by atoms with Crippen LogP contribution in [0.4, 0.5) is 0 Å². The van der Waals surface area contributed by atoms with Gasteiger partial charge in [-0.05, 0) is 91.5 Å². The molecule has 0 aromatic heterocycles. The average Bonchev–Trinajstić information content (AvgIpc) is 3.01. The Bertz CT molecular complexity index is 1210. The van der Waals surface area contributed by atoms with E-state index in [0.717, 1.165) is 65.9 Å². The number of methoxy groups -OCH3 is 4. The topological polar surface area (TPSA) is 46.2 Å². The first-order valence-electron chi connectivity index (χ1n) is 14.8. The summed E-state index contributed by atoms with van der Waals surface area (Å²) >= 11 is 0. The van der Waals surface area contributed by atoms with E-state index in [1.165, 1.54) is 12.0 Å². The highest BCUT2D eigenvalue weighted by Crippen LogP contribution is 2.40. The monoisotopic (exact) mass is 560 g/mol. The smallest absolute Gasteiger partial charge is 0.203 e. The van der Waals surface area contributed by atoms with Crippen LogP contribution in [0, 0.1) is 5.92 Å². The quantitative estimate of drug-likeness (QED) is 0.164. The SMILES string of the molecule is CCC(C)CCc1c(OC)cc(/C=C/c2ccc(CCc3cc(OC)c(OC(C)CC)c(OC)c3)cc2)cc1OC. The number of ether oxygens (including phenoxy) is 5. The Labute approximate surface area is 247 Å². The van der Waals surface area contributed by atoms with Crippen LogP contribution < -0.4 is 23.7 Å². The second-order valence-electron chi connectivity index (χ2n) is 10.7. The second-order valence-corrected chi connectivity index (χ2v) is 10.7. The first kappa shape index (κ1) is 31.9. The summed E-state index contributed by atoms with van der Waals surface area (Å²) < 4.78 is 28.8. The maximum atomic E-state index is 6.08. The summed E-state index contributed by atoms with van der Waals surface area (Å²) in [4.78, 5) is 0. The lowest BCUT2D eigenvalue weighted by molar-refractivity contribution is 0.198. The molecule has 0 N–H and O–H groups in total. The van der Waals surface area contributed by atoms with Gasteiger partial charge in [0.05, 0.1) is 34.5 Å². The number of benzene rings is 3. The Morgan fingerprint density at radius 3 is 1.66 bits per heavy atom. The zero-order chi connectivity index (χ0) is 29.8. The molecule has 0 amide bonds. The van der Waals surface area contributed by atoms with E-state index in [9.17, 15) is 0 Å². The molecule has 222 valence electrons. The molecule has 0 spiro atoms. The molecule has 3 rings (SSSR count). The molecular weight excluding hydrogens is 512 g/mol. The van der Waals surface area contributed by atoms with Crippen molar-refractivity contribution in [1.29, 1.82) is 0 Å². The van der Waals surface area contributed by atoms with E-state index < -0.39 is 0 Å². The molecule has 3 aromatic rings. The average molecular weight is 561 g/mol. The first-order chi connectivity index (χ1) is 19.8. The molecule has 0 saturated heterocycles. The lowest BCUT2D eigenvalue weighted by Gasteiger charge is -2.19. The van der Waals surface area contributed by atoms with Gasteiger partial charge in [-0.25, -0.2) is 0 Å². The molecule has 2 atom stereocenters. The maximum absolute atomic E-state index is 6.08. The molecule has 0 aliphatic carbocycles. The van der Waals surface area contributed by atoms with Crippen LogP contribution in [0.25, 0.3) is 12.2 Å². The van der Waals surface area contributed by atoms with Crippen molar-refractivity contribution in [2.75, 3.05) is 28.4 Å². The Hall–Kier alpha value is -3.60. The molecule has 0 fully saturated rings. The minimum absolute atomic E-state index is 0.0825. The molecular formula is C36H48O5. The van der Waals surface area contributed by atoms with Crippen molar-refractivity contribution in [2.45, 2.75) is 72.3 Å². The molecule has 0 radical (unpaired) electrons. The van der Waals surface area contributed by atoms with Crippen LogP contribution >= 0.6 is 0 Å². The third-order valence-electron chi connectivity index (χ3n) is 7.78. The Morgan fingerprint density at radius 2 is 1.15 bits per heavy atom. The van der Waals surface area contributed by atoms with Crippen LogP contribution in [0.15, 0.2) is 48.5 Å². The molecule has 0 saturated carbocycles. The summed E-state index contributed by atoms with van der Waals surface area (Å²) in [6.07, 6.45) is 10.2. The molecule has 3 aromatic carbocycles. The normalized spacial score (nSPS) is 12.7. The van der Waals surface area contributed by atoms with Crippen molar-refractivity contribution >= 4 is 12.2 Å². The predicted octanol–water partition coefficient (Wildman–Crippen LogP) is 8.83. The van der Waals surface area contributed by atoms with Crippen LogP contribution in [0.5, 0.6) is 28.7 Å². The van der Waals surface area contributed by atoms with Crippen LogP contribution in [0.1, 0.15) is 74.8 Å². The van der Waals surface area contributed by atoms with Crippen LogP contribution in [-0.2, 0) is 19.3 Å². The summed E-state index contributed by atoms with van der Waals surface area (Å²) in [5, 5.41) is 0. The number of rotatable bonds is 16. The van der Waals surface area contributed by atoms with Gasteiger partial charge < -0.3 is 23.7 Å². The van der Waals surface area contributed by atoms with Gasteiger partial charge in [-0.3, -0.25) is 0 Å². The summed E-state index contributed by atoms with van der Waals surface area (Å²) in [6.45, 7) is 8.67. The van der Waals surface area contributed by atoms with Gasteiger partial charge in [0, 0.05) is 5.56 Å². The third-order valence-corrected chi connectivity index (χ3v) is 7.78. The predicted molar refractivity (Wildman–Crippen MR) is 170 cm³/mol. The third kappa shape index (κ3) is 8.94. The van der Waals surface area contributed by atoms with E-state index in [0.29, 0.717) is 23.2 Å². The van der Waals surface area contributed by atoms with Crippen molar-refractivity contribution in [3.05, 3.63) is 76.3 Å². The van der Waals surface area contributed by atoms with Gasteiger partial charge >= 0.3 is 0 Å². The maximum Gasteiger partial charge on any atom is 0.203 e. The highest BCUT2D eigenvalue weighted by atomic mass is 16.5. The summed E-state index contributed by atoms with van der Waals surface area (Å²) in [7, 11) is 6.80. The second kappa shape index (κ2) is 16.0. The molecule has 0 bridgehead atoms. The summed E-state index contributed by atoms with van der Waals surface area (Å²) in [6, 6.07) is 17.0. The highest BCUT2D eigenvalue weighted by Gasteiger charge is 2.17. The van der Waals surface area contributed by atoms with Crippen LogP contribution in [0.2, 0.25) is 0 Å². The van der Waals surface area contributed by atoms with Gasteiger partial charge in [0.2, 0.25) is 5.75 Å². The van der Waals surface area contributed by atoms with E-state index in [1.54, 1.807) is 28.4 Å². The molecule has 0 aliphatic heterocycles. The number of hydrogen-bond acceptors (Lipinski definition) is 5. The summed E-state index contributed by atoms with van der Waals surface area (Å²) in [5.41, 5.74) is 5.76. The Balaban J connectivity index is 1.69. The van der Waals surface area contributed by atoms with Crippen molar-refractivity contribution in [1.82, 2.24) is 0 Å². The Kier molecular flexibility index (Phi) is 12.5. The Morgan fingerprint density at radius 1 is 0.610 bits per heavy atom. The standard InChI is InChI=1S/C36H48O5/c1-9-25(3)11-20-31-32(37-5)21-29(22-33(31)38-6)18-16-27-12-14-28(15-13-27)17-19-30-23-34(39-7)36(35(24-30)40-8)41-26(4)10-2/h12-16,18,21-26H,9-11,17,19-20H2,1-8H3/b18-16+. The van der Waals surface area contributed by atoms with E-state index in [4.69, 9.17) is 23.7 Å². The van der Waals surface area contributed by atoms with Crippen molar-refractivity contribution in [3.63, 3.8) is 0 Å². The van der Waals surface area contributed by atoms with Gasteiger partial charge in [0.1, 0.15) is 11.5 Å². The first-order valence-corrected chi connectivity index (χ1v) is 14.8. The molecule has 0 aliphatic rings. The van der Waals surface area contributed by atoms with Gasteiger partial charge in [0.15, 0.2) is 11.5 Å². The molecule has 2 unspecified atom stereocenters. The minimum atomic E-state index is 0.0825. The minimum Gasteiger partial charge on any atom is -0.496 e. The van der Waals surface area contributed by atoms with Crippen LogP contribution in [-0.4, -0.2) is 34.5 Å². The van der Waals surface area contributed by atoms with Crippen LogP contribution in [0.3, 0.4) is 0 Å². The molecule has 5 nitrogen and oxygen atoms in total. The van der Waals surface area contributed by atoms with Gasteiger partial charge in [-0.2, -0.15) is 0 Å². The van der Waals surface area contributed by atoms with Gasteiger partial charge in [0.25, 0.3) is 0 Å². The fraction of sp³-hybridized carbons (Fsp3) is 0.444. The van der Waals surface area contributed by atoms with E-state index in [-0.39, 0.29) is 6.10 Å². The summed E-state index contributed by atoms with van der Waals surface area (Å²) in [5.74, 6) is 4.52. The fourth-order valence-electron chi connectivity index (χ4n) is 4.70. The van der Waals surface area contributed by atoms with Gasteiger partial charge in [-0.1, -0.05) is 63.6 Å². The van der Waals surface area contributed by atoms with Crippen molar-refractivity contribution < 1.29 is 23.7 Å². The number of aryl methyl sites for hydroxylation is 2. The van der Waals surface area contributed by atoms with E-state index in [1.807, 2.05) is 6.92 Å². The van der Waals surface area contributed by atoms with E-state index >= 15 is 0 Å². The zero-order valence-corrected chi connectivity index (χ0v) is 26.2. The zero-order valence-electron chi connectivity index (χ0n) is 26.2. The largest absolute Gasteiger partial charge is 0.496 e. The molecule has 5 heteroatoms. The fourth-order valence-corrected chi connectivity index (χ4v) is 4.70. The molecule has 0 heterocycles.